The molecule has 1 aromatic heterocycles. The van der Waals surface area contributed by atoms with Crippen molar-refractivity contribution in [1.29, 1.82) is 0 Å². The monoisotopic (exact) mass is 273 g/mol. The smallest absolute Gasteiger partial charge is 0.262 e. The van der Waals surface area contributed by atoms with Crippen LogP contribution in [0.5, 0.6) is 0 Å². The summed E-state index contributed by atoms with van der Waals surface area (Å²) in [6, 6.07) is 6.22. The second-order valence-corrected chi connectivity index (χ2v) is 4.26. The van der Waals surface area contributed by atoms with Crippen LogP contribution >= 0.6 is 0 Å². The number of nitrogens with zero attached hydrogens (tertiary/aromatic N) is 1. The van der Waals surface area contributed by atoms with Crippen molar-refractivity contribution in [2.45, 2.75) is 0 Å². The predicted molar refractivity (Wildman–Crippen MR) is 68.2 cm³/mol. The Hall–Kier alpha value is -2.96. The third-order valence-corrected chi connectivity index (χ3v) is 3.02. The van der Waals surface area contributed by atoms with E-state index in [0.717, 1.165) is 16.7 Å². The van der Waals surface area contributed by atoms with E-state index in [1.54, 1.807) is 0 Å². The number of rotatable bonds is 1. The van der Waals surface area contributed by atoms with E-state index in [2.05, 4.69) is 5.32 Å². The molecule has 0 saturated carbocycles. The van der Waals surface area contributed by atoms with Crippen LogP contribution in [0.4, 0.5) is 10.2 Å². The first-order valence-corrected chi connectivity index (χ1v) is 5.66. The van der Waals surface area contributed by atoms with Crippen LogP contribution in [0, 0.1) is 5.82 Å². The number of hydrogen-bond acceptors (Lipinski definition) is 4. The summed E-state index contributed by atoms with van der Waals surface area (Å²) in [5, 5.41) is 2.06. The summed E-state index contributed by atoms with van der Waals surface area (Å²) in [7, 11) is 0. The van der Waals surface area contributed by atoms with Gasteiger partial charge in [0.05, 0.1) is 16.8 Å². The van der Waals surface area contributed by atoms with Gasteiger partial charge in [0, 0.05) is 6.07 Å². The number of hydrogen-bond donors (Lipinski definition) is 2. The van der Waals surface area contributed by atoms with E-state index in [4.69, 9.17) is 5.73 Å². The van der Waals surface area contributed by atoms with Crippen molar-refractivity contribution >= 4 is 17.6 Å². The fraction of sp³-hybridized carbons (Fsp3) is 0. The van der Waals surface area contributed by atoms with E-state index in [9.17, 15) is 18.8 Å². The standard InChI is InChI=1S/C13H8FN3O3/c14-6-2-1-3-7(4-6)17-9(18)5-8-10(11(17)15)13(20)16-12(8)19/h1-5H,15H2,(H,16,19,20). The maximum absolute atomic E-state index is 13.2. The molecule has 1 aliphatic heterocycles. The molecule has 1 aromatic carbocycles. The zero-order valence-electron chi connectivity index (χ0n) is 10.0. The molecule has 2 aromatic rings. The minimum absolute atomic E-state index is 0.0647. The number of benzene rings is 1. The van der Waals surface area contributed by atoms with Gasteiger partial charge in [-0.05, 0) is 18.2 Å². The minimum atomic E-state index is -0.673. The molecule has 2 heterocycles. The summed E-state index contributed by atoms with van der Waals surface area (Å²) >= 11 is 0. The molecule has 7 heteroatoms. The van der Waals surface area contributed by atoms with Gasteiger partial charge < -0.3 is 5.73 Å². The second-order valence-electron chi connectivity index (χ2n) is 4.26. The summed E-state index contributed by atoms with van der Waals surface area (Å²) in [5.74, 6) is -2.08. The maximum Gasteiger partial charge on any atom is 0.262 e. The van der Waals surface area contributed by atoms with E-state index < -0.39 is 23.2 Å². The number of nitrogens with two attached hydrogens (primary N) is 1. The Labute approximate surface area is 111 Å². The number of amides is 2. The van der Waals surface area contributed by atoms with Crippen molar-refractivity contribution in [2.24, 2.45) is 0 Å². The molecule has 0 unspecified atom stereocenters. The van der Waals surface area contributed by atoms with E-state index in [0.29, 0.717) is 0 Å². The molecular formula is C13H8FN3O3. The Bertz CT molecular complexity index is 826. The average Bonchev–Trinajstić information content (AvgIpc) is 2.64. The summed E-state index contributed by atoms with van der Waals surface area (Å²) < 4.78 is 14.2. The van der Waals surface area contributed by atoms with E-state index >= 15 is 0 Å². The van der Waals surface area contributed by atoms with Crippen LogP contribution in [0.2, 0.25) is 0 Å². The molecule has 2 amide bonds. The van der Waals surface area contributed by atoms with E-state index in [-0.39, 0.29) is 22.6 Å². The number of fused-ring (bicyclic) bond motifs is 1. The molecule has 3 N–H and O–H groups in total. The lowest BCUT2D eigenvalue weighted by Gasteiger charge is -2.11. The van der Waals surface area contributed by atoms with Crippen molar-refractivity contribution in [3.05, 3.63) is 57.6 Å². The van der Waals surface area contributed by atoms with Crippen molar-refractivity contribution < 1.29 is 14.0 Å². The lowest BCUT2D eigenvalue weighted by atomic mass is 10.1. The van der Waals surface area contributed by atoms with Crippen LogP contribution in [0.1, 0.15) is 20.7 Å². The number of pyridine rings is 1. The zero-order chi connectivity index (χ0) is 14.4. The van der Waals surface area contributed by atoms with Crippen LogP contribution < -0.4 is 16.6 Å². The minimum Gasteiger partial charge on any atom is -0.384 e. The molecular weight excluding hydrogens is 265 g/mol. The Morgan fingerprint density at radius 1 is 1.10 bits per heavy atom. The van der Waals surface area contributed by atoms with Crippen molar-refractivity contribution in [2.75, 3.05) is 5.73 Å². The fourth-order valence-corrected chi connectivity index (χ4v) is 2.16. The number of aromatic nitrogens is 1. The van der Waals surface area contributed by atoms with Gasteiger partial charge in [-0.3, -0.25) is 24.3 Å². The first-order chi connectivity index (χ1) is 9.49. The highest BCUT2D eigenvalue weighted by Crippen LogP contribution is 2.22. The number of imide groups is 1. The molecule has 1 aliphatic rings. The maximum atomic E-state index is 13.2. The Morgan fingerprint density at radius 3 is 2.55 bits per heavy atom. The zero-order valence-corrected chi connectivity index (χ0v) is 10.0. The highest BCUT2D eigenvalue weighted by molar-refractivity contribution is 6.23. The molecule has 0 aliphatic carbocycles. The molecule has 0 saturated heterocycles. The van der Waals surface area contributed by atoms with Gasteiger partial charge in [0.1, 0.15) is 11.6 Å². The number of carbonyl (C=O) groups excluding carboxylic acids is 2. The second kappa shape index (κ2) is 4.02. The van der Waals surface area contributed by atoms with Gasteiger partial charge in [0.15, 0.2) is 0 Å². The van der Waals surface area contributed by atoms with E-state index in [1.807, 2.05) is 0 Å². The molecule has 100 valence electrons. The topological polar surface area (TPSA) is 94.2 Å². The molecule has 6 nitrogen and oxygen atoms in total. The van der Waals surface area contributed by atoms with Crippen molar-refractivity contribution in [1.82, 2.24) is 9.88 Å². The van der Waals surface area contributed by atoms with Gasteiger partial charge in [0.2, 0.25) is 0 Å². The highest BCUT2D eigenvalue weighted by Gasteiger charge is 2.31. The molecule has 0 fully saturated rings. The lowest BCUT2D eigenvalue weighted by Crippen LogP contribution is -2.24. The summed E-state index contributed by atoms with van der Waals surface area (Å²) in [6.45, 7) is 0. The molecule has 0 radical (unpaired) electrons. The highest BCUT2D eigenvalue weighted by atomic mass is 19.1. The van der Waals surface area contributed by atoms with Gasteiger partial charge in [0.25, 0.3) is 17.4 Å². The number of halogens is 1. The van der Waals surface area contributed by atoms with Gasteiger partial charge in [-0.15, -0.1) is 0 Å². The number of anilines is 1. The normalized spacial score (nSPS) is 13.2. The third kappa shape index (κ3) is 1.60. The van der Waals surface area contributed by atoms with Crippen LogP contribution in [-0.2, 0) is 0 Å². The Kier molecular flexibility index (Phi) is 2.43. The number of carbonyl (C=O) groups is 2. The predicted octanol–water partition coefficient (Wildman–Crippen LogP) is 0.442. The Morgan fingerprint density at radius 2 is 1.85 bits per heavy atom. The van der Waals surface area contributed by atoms with Gasteiger partial charge in [-0.1, -0.05) is 6.07 Å². The largest absolute Gasteiger partial charge is 0.384 e. The SMILES string of the molecule is Nc1c2c(cc(=O)n1-c1cccc(F)c1)C(=O)NC2=O. The quantitative estimate of drug-likeness (QED) is 0.737. The molecule has 3 rings (SSSR count). The number of nitrogen functional groups attached to an aromatic ring is 1. The van der Waals surface area contributed by atoms with Crippen molar-refractivity contribution in [3.63, 3.8) is 0 Å². The third-order valence-electron chi connectivity index (χ3n) is 3.02. The summed E-state index contributed by atoms with van der Waals surface area (Å²) in [6.07, 6.45) is 0. The number of nitrogens with one attached hydrogen (secondary N) is 1. The van der Waals surface area contributed by atoms with Crippen LogP contribution in [0.15, 0.2) is 35.1 Å². The summed E-state index contributed by atoms with van der Waals surface area (Å²) in [4.78, 5) is 35.2. The average molecular weight is 273 g/mol. The molecule has 0 spiro atoms. The van der Waals surface area contributed by atoms with Gasteiger partial charge in [-0.2, -0.15) is 0 Å². The van der Waals surface area contributed by atoms with Crippen LogP contribution in [0.3, 0.4) is 0 Å². The van der Waals surface area contributed by atoms with Crippen LogP contribution in [-0.4, -0.2) is 16.4 Å². The fourth-order valence-electron chi connectivity index (χ4n) is 2.16. The molecule has 20 heavy (non-hydrogen) atoms. The van der Waals surface area contributed by atoms with E-state index in [1.165, 1.54) is 18.2 Å². The first kappa shape index (κ1) is 12.1. The summed E-state index contributed by atoms with van der Waals surface area (Å²) in [5.41, 5.74) is 5.23. The van der Waals surface area contributed by atoms with Gasteiger partial charge in [-0.25, -0.2) is 4.39 Å². The Balaban J connectivity index is 2.35. The molecule has 0 atom stereocenters. The lowest BCUT2D eigenvalue weighted by molar-refractivity contribution is 0.0880. The van der Waals surface area contributed by atoms with Gasteiger partial charge >= 0.3 is 0 Å². The molecule has 0 bridgehead atoms. The van der Waals surface area contributed by atoms with Crippen molar-refractivity contribution in [3.8, 4) is 5.69 Å². The first-order valence-electron chi connectivity index (χ1n) is 5.66. The van der Waals surface area contributed by atoms with Crippen LogP contribution in [0.25, 0.3) is 5.69 Å².